The van der Waals surface area contributed by atoms with Crippen molar-refractivity contribution in [3.05, 3.63) is 0 Å². The normalized spacial score (nSPS) is 43.7. The van der Waals surface area contributed by atoms with Gasteiger partial charge in [0.25, 0.3) is 0 Å². The largest absolute Gasteiger partial charge is 0.310 e. The van der Waals surface area contributed by atoms with Crippen molar-refractivity contribution in [2.24, 2.45) is 11.8 Å². The summed E-state index contributed by atoms with van der Waals surface area (Å²) in [7, 11) is 0. The highest BCUT2D eigenvalue weighted by atomic mass is 15.2. The predicted molar refractivity (Wildman–Crippen MR) is 67.5 cm³/mol. The molecule has 1 N–H and O–H groups in total. The average Bonchev–Trinajstić information content (AvgIpc) is 2.72. The van der Waals surface area contributed by atoms with E-state index in [1.165, 1.54) is 45.2 Å². The van der Waals surface area contributed by atoms with Gasteiger partial charge in [-0.3, -0.25) is 4.90 Å². The molecule has 1 saturated carbocycles. The van der Waals surface area contributed by atoms with E-state index < -0.39 is 0 Å². The molecule has 0 radical (unpaired) electrons. The molecule has 0 amide bonds. The summed E-state index contributed by atoms with van der Waals surface area (Å²) in [6.07, 6.45) is 7.13. The maximum atomic E-state index is 3.93. The topological polar surface area (TPSA) is 15.3 Å². The third-order valence-electron chi connectivity index (χ3n) is 5.17. The van der Waals surface area contributed by atoms with Crippen LogP contribution in [-0.2, 0) is 0 Å². The van der Waals surface area contributed by atoms with E-state index in [-0.39, 0.29) is 0 Å². The Morgan fingerprint density at radius 1 is 1.12 bits per heavy atom. The Kier molecular flexibility index (Phi) is 2.97. The van der Waals surface area contributed by atoms with Crippen molar-refractivity contribution in [1.82, 2.24) is 10.2 Å². The fourth-order valence-electron chi connectivity index (χ4n) is 3.92. The molecule has 3 rings (SSSR count). The second kappa shape index (κ2) is 4.30. The van der Waals surface area contributed by atoms with Gasteiger partial charge in [0.2, 0.25) is 0 Å². The van der Waals surface area contributed by atoms with Crippen LogP contribution in [0.25, 0.3) is 0 Å². The molecule has 3 fully saturated rings. The molecule has 92 valence electrons. The molecule has 0 spiro atoms. The van der Waals surface area contributed by atoms with Gasteiger partial charge >= 0.3 is 0 Å². The summed E-state index contributed by atoms with van der Waals surface area (Å²) < 4.78 is 0. The number of nitrogens with zero attached hydrogens (tertiary/aromatic N) is 1. The number of rotatable bonds is 3. The first-order valence-corrected chi connectivity index (χ1v) is 7.24. The molecule has 2 heterocycles. The molecule has 0 bridgehead atoms. The molecule has 2 saturated heterocycles. The smallest absolute Gasteiger partial charge is 0.0250 e. The zero-order chi connectivity index (χ0) is 11.1. The SMILES string of the molecule is CC(C)C1CC(NC2CCN3CCCC23)C1. The Bertz CT molecular complexity index is 245. The minimum Gasteiger partial charge on any atom is -0.310 e. The van der Waals surface area contributed by atoms with Crippen LogP contribution in [-0.4, -0.2) is 36.1 Å². The van der Waals surface area contributed by atoms with E-state index in [1.54, 1.807) is 0 Å². The van der Waals surface area contributed by atoms with Gasteiger partial charge in [0.15, 0.2) is 0 Å². The fraction of sp³-hybridized carbons (Fsp3) is 1.00. The van der Waals surface area contributed by atoms with Crippen molar-refractivity contribution < 1.29 is 0 Å². The minimum atomic E-state index is 0.820. The highest BCUT2D eigenvalue weighted by molar-refractivity contribution is 4.99. The molecule has 2 unspecified atom stereocenters. The van der Waals surface area contributed by atoms with Gasteiger partial charge in [-0.15, -0.1) is 0 Å². The fourth-order valence-corrected chi connectivity index (χ4v) is 3.92. The third kappa shape index (κ3) is 1.91. The van der Waals surface area contributed by atoms with Crippen molar-refractivity contribution in [3.63, 3.8) is 0 Å². The maximum absolute atomic E-state index is 3.93. The molecule has 16 heavy (non-hydrogen) atoms. The summed E-state index contributed by atoms with van der Waals surface area (Å²) in [4.78, 5) is 2.70. The zero-order valence-corrected chi connectivity index (χ0v) is 10.8. The van der Waals surface area contributed by atoms with Crippen LogP contribution in [0.1, 0.15) is 46.0 Å². The monoisotopic (exact) mass is 222 g/mol. The first kappa shape index (κ1) is 11.0. The molecular weight excluding hydrogens is 196 g/mol. The molecule has 1 aliphatic carbocycles. The van der Waals surface area contributed by atoms with E-state index in [0.29, 0.717) is 0 Å². The second-order valence-electron chi connectivity index (χ2n) is 6.48. The molecule has 3 aliphatic rings. The Morgan fingerprint density at radius 3 is 2.69 bits per heavy atom. The molecule has 0 aromatic carbocycles. The van der Waals surface area contributed by atoms with E-state index >= 15 is 0 Å². The van der Waals surface area contributed by atoms with Crippen molar-refractivity contribution in [3.8, 4) is 0 Å². The highest BCUT2D eigenvalue weighted by Gasteiger charge is 2.40. The summed E-state index contributed by atoms with van der Waals surface area (Å²) in [6.45, 7) is 7.45. The zero-order valence-electron chi connectivity index (χ0n) is 10.8. The first-order chi connectivity index (χ1) is 7.74. The van der Waals surface area contributed by atoms with Crippen molar-refractivity contribution in [2.75, 3.05) is 13.1 Å². The van der Waals surface area contributed by atoms with Crippen molar-refractivity contribution >= 4 is 0 Å². The summed E-state index contributed by atoms with van der Waals surface area (Å²) in [5.74, 6) is 1.89. The maximum Gasteiger partial charge on any atom is 0.0250 e. The molecule has 0 aromatic heterocycles. The number of fused-ring (bicyclic) bond motifs is 1. The summed E-state index contributed by atoms with van der Waals surface area (Å²) >= 11 is 0. The lowest BCUT2D eigenvalue weighted by Crippen LogP contribution is -2.50. The van der Waals surface area contributed by atoms with E-state index in [1.807, 2.05) is 0 Å². The van der Waals surface area contributed by atoms with Gasteiger partial charge in [-0.2, -0.15) is 0 Å². The van der Waals surface area contributed by atoms with Gasteiger partial charge in [-0.1, -0.05) is 13.8 Å². The number of hydrogen-bond donors (Lipinski definition) is 1. The van der Waals surface area contributed by atoms with Gasteiger partial charge in [0.05, 0.1) is 0 Å². The molecular formula is C14H26N2. The lowest BCUT2D eigenvalue weighted by molar-refractivity contribution is 0.150. The number of hydrogen-bond acceptors (Lipinski definition) is 2. The van der Waals surface area contributed by atoms with Crippen LogP contribution in [0.5, 0.6) is 0 Å². The van der Waals surface area contributed by atoms with Crippen LogP contribution >= 0.6 is 0 Å². The predicted octanol–water partition coefficient (Wildman–Crippen LogP) is 2.25. The average molecular weight is 222 g/mol. The van der Waals surface area contributed by atoms with Crippen LogP contribution in [0.2, 0.25) is 0 Å². The van der Waals surface area contributed by atoms with Gasteiger partial charge in [-0.05, 0) is 50.5 Å². The first-order valence-electron chi connectivity index (χ1n) is 7.24. The Labute approximate surface area is 99.8 Å². The van der Waals surface area contributed by atoms with E-state index in [2.05, 4.69) is 24.1 Å². The standard InChI is InChI=1S/C14H26N2/c1-10(2)11-8-12(9-11)15-13-5-7-16-6-3-4-14(13)16/h10-15H,3-9H2,1-2H3. The van der Waals surface area contributed by atoms with Crippen molar-refractivity contribution in [1.29, 1.82) is 0 Å². The highest BCUT2D eigenvalue weighted by Crippen LogP contribution is 2.36. The van der Waals surface area contributed by atoms with E-state index in [0.717, 1.165) is 30.0 Å². The van der Waals surface area contributed by atoms with Crippen molar-refractivity contribution in [2.45, 2.75) is 64.1 Å². The second-order valence-corrected chi connectivity index (χ2v) is 6.48. The van der Waals surface area contributed by atoms with Crippen LogP contribution in [0, 0.1) is 11.8 Å². The van der Waals surface area contributed by atoms with E-state index in [9.17, 15) is 0 Å². The summed E-state index contributed by atoms with van der Waals surface area (Å²) in [5, 5.41) is 3.93. The Balaban J connectivity index is 1.46. The van der Waals surface area contributed by atoms with Crippen LogP contribution < -0.4 is 5.32 Å². The molecule has 2 aliphatic heterocycles. The molecule has 0 aromatic rings. The van der Waals surface area contributed by atoms with Gasteiger partial charge in [0.1, 0.15) is 0 Å². The minimum absolute atomic E-state index is 0.820. The Morgan fingerprint density at radius 2 is 1.94 bits per heavy atom. The van der Waals surface area contributed by atoms with Gasteiger partial charge < -0.3 is 5.32 Å². The van der Waals surface area contributed by atoms with Crippen LogP contribution in [0.15, 0.2) is 0 Å². The molecule has 2 nitrogen and oxygen atoms in total. The lowest BCUT2D eigenvalue weighted by Gasteiger charge is -2.41. The Hall–Kier alpha value is -0.0800. The van der Waals surface area contributed by atoms with Gasteiger partial charge in [0, 0.05) is 24.7 Å². The van der Waals surface area contributed by atoms with E-state index in [4.69, 9.17) is 0 Å². The quantitative estimate of drug-likeness (QED) is 0.788. The van der Waals surface area contributed by atoms with Crippen LogP contribution in [0.3, 0.4) is 0 Å². The molecule has 2 atom stereocenters. The van der Waals surface area contributed by atoms with Gasteiger partial charge in [-0.25, -0.2) is 0 Å². The number of nitrogens with one attached hydrogen (secondary N) is 1. The van der Waals surface area contributed by atoms with Crippen LogP contribution in [0.4, 0.5) is 0 Å². The summed E-state index contributed by atoms with van der Waals surface area (Å²) in [6, 6.07) is 2.55. The lowest BCUT2D eigenvalue weighted by atomic mass is 9.73. The third-order valence-corrected chi connectivity index (χ3v) is 5.17. The summed E-state index contributed by atoms with van der Waals surface area (Å²) in [5.41, 5.74) is 0. The molecule has 2 heteroatoms.